The zero-order valence-corrected chi connectivity index (χ0v) is 13.0. The van der Waals surface area contributed by atoms with Gasteiger partial charge in [-0.15, -0.1) is 0 Å². The lowest BCUT2D eigenvalue weighted by Crippen LogP contribution is -2.41. The van der Waals surface area contributed by atoms with Crippen molar-refractivity contribution in [3.05, 3.63) is 23.9 Å². The predicted octanol–water partition coefficient (Wildman–Crippen LogP) is 2.54. The van der Waals surface area contributed by atoms with Crippen LogP contribution in [0.1, 0.15) is 43.6 Å². The van der Waals surface area contributed by atoms with E-state index in [0.717, 1.165) is 51.3 Å². The number of nitrogens with one attached hydrogen (secondary N) is 1. The predicted molar refractivity (Wildman–Crippen MR) is 83.6 cm³/mol. The fourth-order valence-corrected chi connectivity index (χ4v) is 2.53. The molecule has 0 atom stereocenters. The third-order valence-corrected chi connectivity index (χ3v) is 3.66. The first kappa shape index (κ1) is 15.8. The fourth-order valence-electron chi connectivity index (χ4n) is 2.53. The van der Waals surface area contributed by atoms with Crippen molar-refractivity contribution in [3.8, 4) is 0 Å². The van der Waals surface area contributed by atoms with Gasteiger partial charge >= 0.3 is 0 Å². The molecular weight excluding hydrogens is 266 g/mol. The van der Waals surface area contributed by atoms with Crippen LogP contribution in [0.5, 0.6) is 0 Å². The first-order valence-electron chi connectivity index (χ1n) is 7.86. The smallest absolute Gasteiger partial charge is 0.272 e. The van der Waals surface area contributed by atoms with Crippen LogP contribution in [0.25, 0.3) is 0 Å². The lowest BCUT2D eigenvalue weighted by Gasteiger charge is -2.31. The summed E-state index contributed by atoms with van der Waals surface area (Å²) in [5, 5.41) is 3.21. The van der Waals surface area contributed by atoms with E-state index < -0.39 is 0 Å². The van der Waals surface area contributed by atoms with Crippen LogP contribution in [0.15, 0.2) is 18.2 Å². The number of anilines is 1. The van der Waals surface area contributed by atoms with Crippen LogP contribution in [-0.2, 0) is 4.74 Å². The van der Waals surface area contributed by atoms with Gasteiger partial charge in [0.25, 0.3) is 5.91 Å². The number of aromatic nitrogens is 1. The highest BCUT2D eigenvalue weighted by Crippen LogP contribution is 2.16. The number of ether oxygens (including phenoxy) is 1. The topological polar surface area (TPSA) is 54.5 Å². The highest BCUT2D eigenvalue weighted by atomic mass is 16.5. The van der Waals surface area contributed by atoms with Gasteiger partial charge in [0.15, 0.2) is 0 Å². The van der Waals surface area contributed by atoms with Crippen molar-refractivity contribution in [2.45, 2.75) is 39.2 Å². The summed E-state index contributed by atoms with van der Waals surface area (Å²) in [6.45, 7) is 7.21. The van der Waals surface area contributed by atoms with E-state index in [1.807, 2.05) is 24.0 Å². The van der Waals surface area contributed by atoms with Gasteiger partial charge in [-0.3, -0.25) is 4.79 Å². The van der Waals surface area contributed by atoms with E-state index in [4.69, 9.17) is 4.74 Å². The number of piperidine rings is 1. The van der Waals surface area contributed by atoms with Crippen LogP contribution >= 0.6 is 0 Å². The number of rotatable bonds is 6. The standard InChI is InChI=1S/C16H25N3O2/c1-3-10-17-15-7-5-6-14(18-15)16(20)19-11-8-13(9-12-19)21-4-2/h5-7,13H,3-4,8-12H2,1-2H3,(H,17,18). The number of pyridine rings is 1. The maximum atomic E-state index is 12.5. The van der Waals surface area contributed by atoms with Crippen molar-refractivity contribution < 1.29 is 9.53 Å². The molecule has 0 aliphatic carbocycles. The highest BCUT2D eigenvalue weighted by molar-refractivity contribution is 5.92. The summed E-state index contributed by atoms with van der Waals surface area (Å²) in [7, 11) is 0. The molecule has 0 unspecified atom stereocenters. The lowest BCUT2D eigenvalue weighted by molar-refractivity contribution is 0.0144. The van der Waals surface area contributed by atoms with Gasteiger partial charge in [-0.25, -0.2) is 4.98 Å². The molecule has 5 nitrogen and oxygen atoms in total. The molecule has 0 bridgehead atoms. The van der Waals surface area contributed by atoms with Crippen LogP contribution in [0.3, 0.4) is 0 Å². The van der Waals surface area contributed by atoms with Gasteiger partial charge in [-0.2, -0.15) is 0 Å². The largest absolute Gasteiger partial charge is 0.378 e. The van der Waals surface area contributed by atoms with E-state index >= 15 is 0 Å². The van der Waals surface area contributed by atoms with Crippen LogP contribution in [0.2, 0.25) is 0 Å². The van der Waals surface area contributed by atoms with Gasteiger partial charge < -0.3 is 15.0 Å². The molecule has 0 radical (unpaired) electrons. The number of carbonyl (C=O) groups excluding carboxylic acids is 1. The minimum atomic E-state index is 0.0186. The molecule has 0 spiro atoms. The molecule has 1 aromatic rings. The Bertz CT molecular complexity index is 457. The summed E-state index contributed by atoms with van der Waals surface area (Å²) in [6.07, 6.45) is 3.15. The monoisotopic (exact) mass is 291 g/mol. The number of carbonyl (C=O) groups is 1. The van der Waals surface area contributed by atoms with Gasteiger partial charge in [0.05, 0.1) is 6.10 Å². The Morgan fingerprint density at radius 2 is 2.14 bits per heavy atom. The molecule has 1 aromatic heterocycles. The highest BCUT2D eigenvalue weighted by Gasteiger charge is 2.24. The van der Waals surface area contributed by atoms with Crippen molar-refractivity contribution >= 4 is 11.7 Å². The third-order valence-electron chi connectivity index (χ3n) is 3.66. The Morgan fingerprint density at radius 1 is 1.38 bits per heavy atom. The minimum absolute atomic E-state index is 0.0186. The Kier molecular flexibility index (Phi) is 5.99. The van der Waals surface area contributed by atoms with Crippen LogP contribution in [0, 0.1) is 0 Å². The molecule has 1 fully saturated rings. The summed E-state index contributed by atoms with van der Waals surface area (Å²) < 4.78 is 5.62. The number of hydrogen-bond donors (Lipinski definition) is 1. The van der Waals surface area contributed by atoms with Crippen molar-refractivity contribution in [3.63, 3.8) is 0 Å². The Hall–Kier alpha value is -1.62. The van der Waals surface area contributed by atoms with Crippen molar-refractivity contribution in [2.75, 3.05) is 31.6 Å². The van der Waals surface area contributed by atoms with Gasteiger partial charge in [0, 0.05) is 26.2 Å². The van der Waals surface area contributed by atoms with Crippen molar-refractivity contribution in [1.82, 2.24) is 9.88 Å². The number of likely N-dealkylation sites (tertiary alicyclic amines) is 1. The molecule has 21 heavy (non-hydrogen) atoms. The SMILES string of the molecule is CCCNc1cccc(C(=O)N2CCC(OCC)CC2)n1. The first-order chi connectivity index (χ1) is 10.2. The minimum Gasteiger partial charge on any atom is -0.378 e. The molecule has 0 saturated carbocycles. The number of amides is 1. The van der Waals surface area contributed by atoms with Crippen molar-refractivity contribution in [2.24, 2.45) is 0 Å². The molecule has 1 saturated heterocycles. The summed E-state index contributed by atoms with van der Waals surface area (Å²) in [4.78, 5) is 18.8. The van der Waals surface area contributed by atoms with E-state index in [9.17, 15) is 4.79 Å². The number of nitrogens with zero attached hydrogens (tertiary/aromatic N) is 2. The van der Waals surface area contributed by atoms with Crippen LogP contribution < -0.4 is 5.32 Å². The van der Waals surface area contributed by atoms with Gasteiger partial charge in [-0.1, -0.05) is 13.0 Å². The van der Waals surface area contributed by atoms with E-state index in [-0.39, 0.29) is 5.91 Å². The summed E-state index contributed by atoms with van der Waals surface area (Å²) >= 11 is 0. The van der Waals surface area contributed by atoms with Crippen LogP contribution in [0.4, 0.5) is 5.82 Å². The molecule has 2 heterocycles. The van der Waals surface area contributed by atoms with Crippen molar-refractivity contribution in [1.29, 1.82) is 0 Å². The normalized spacial score (nSPS) is 16.0. The van der Waals surface area contributed by atoms with Gasteiger partial charge in [0.1, 0.15) is 11.5 Å². The fraction of sp³-hybridized carbons (Fsp3) is 0.625. The maximum Gasteiger partial charge on any atom is 0.272 e. The van der Waals surface area contributed by atoms with Gasteiger partial charge in [-0.05, 0) is 38.3 Å². The van der Waals surface area contributed by atoms with E-state index in [0.29, 0.717) is 11.8 Å². The maximum absolute atomic E-state index is 12.5. The van der Waals surface area contributed by atoms with Gasteiger partial charge in [0.2, 0.25) is 0 Å². The molecule has 0 aromatic carbocycles. The molecule has 1 amide bonds. The molecule has 1 N–H and O–H groups in total. The van der Waals surface area contributed by atoms with Crippen LogP contribution in [-0.4, -0.2) is 48.1 Å². The zero-order valence-electron chi connectivity index (χ0n) is 13.0. The van der Waals surface area contributed by atoms with E-state index in [2.05, 4.69) is 17.2 Å². The molecular formula is C16H25N3O2. The third kappa shape index (κ3) is 4.43. The molecule has 1 aliphatic heterocycles. The second kappa shape index (κ2) is 7.98. The quantitative estimate of drug-likeness (QED) is 0.875. The average molecular weight is 291 g/mol. The van der Waals surface area contributed by atoms with E-state index in [1.165, 1.54) is 0 Å². The number of hydrogen-bond acceptors (Lipinski definition) is 4. The molecule has 2 rings (SSSR count). The molecule has 116 valence electrons. The lowest BCUT2D eigenvalue weighted by atomic mass is 10.1. The second-order valence-corrected chi connectivity index (χ2v) is 5.28. The Balaban J connectivity index is 1.94. The summed E-state index contributed by atoms with van der Waals surface area (Å²) in [5.41, 5.74) is 0.519. The average Bonchev–Trinajstić information content (AvgIpc) is 2.53. The zero-order chi connectivity index (χ0) is 15.1. The molecule has 1 aliphatic rings. The summed E-state index contributed by atoms with van der Waals surface area (Å²) in [5.74, 6) is 0.789. The first-order valence-corrected chi connectivity index (χ1v) is 7.86. The Labute approximate surface area is 126 Å². The summed E-state index contributed by atoms with van der Waals surface area (Å²) in [6, 6.07) is 5.56. The Morgan fingerprint density at radius 3 is 2.81 bits per heavy atom. The van der Waals surface area contributed by atoms with E-state index in [1.54, 1.807) is 6.07 Å². The second-order valence-electron chi connectivity index (χ2n) is 5.28. The molecule has 5 heteroatoms.